The number of hydrogen-bond acceptors (Lipinski definition) is 18. The number of fused-ring (bicyclic) bond motifs is 1. The highest BCUT2D eigenvalue weighted by atomic mass is 32.1. The van der Waals surface area contributed by atoms with Crippen molar-refractivity contribution in [1.29, 1.82) is 0 Å². The number of anilines is 1. The molecule has 67 heavy (non-hydrogen) atoms. The van der Waals surface area contributed by atoms with E-state index in [0.717, 1.165) is 34.1 Å². The van der Waals surface area contributed by atoms with Crippen LogP contribution in [0.5, 0.6) is 5.75 Å². The summed E-state index contributed by atoms with van der Waals surface area (Å²) in [5.41, 5.74) is 6.01. The fourth-order valence-electron chi connectivity index (χ4n) is 10.7. The Morgan fingerprint density at radius 2 is 1.79 bits per heavy atom. The van der Waals surface area contributed by atoms with Gasteiger partial charge in [0.15, 0.2) is 17.7 Å². The molecule has 7 rings (SSSR count). The molecule has 0 radical (unpaired) electrons. The maximum absolute atomic E-state index is 14.5. The number of likely N-dealkylation sites (N-methyl/N-ethyl adjacent to an activating group) is 1. The molecule has 6 heterocycles. The predicted octanol–water partition coefficient (Wildman–Crippen LogP) is 4.85. The number of cyclic esters (lactones) is 1. The van der Waals surface area contributed by atoms with E-state index in [-0.39, 0.29) is 24.0 Å². The number of methoxy groups -OCH3 is 1. The van der Waals surface area contributed by atoms with E-state index < -0.39 is 71.5 Å². The second-order valence-electron chi connectivity index (χ2n) is 19.2. The van der Waals surface area contributed by atoms with E-state index in [9.17, 15) is 19.5 Å². The second kappa shape index (κ2) is 21.0. The standard InChI is InChI=1S/C47H69N9O10S/c1-11-35-47(8)39-28(4)36(49-18-21-56(39)45(60)66-47)26(2)24-46(7,61-10)40(29(5)37(57)30(6)42(59)64-35)65-43-38(58)34(23-27(3)63-43)54(9)20-17-32-25-55(53-50-32)19-12-22-62-33-15-13-31(14-16-33)41-51-52-44(48)67-41/h13-16,25-30,34-35,38-40,43,58H,11-12,17-24H2,1-10H3,(H2,48,52)/t26-,27-,28+,29+,30-,34+,35-,38-,39+,40-,43+,46-,47-/m1/s1. The topological polar surface area (TPSA) is 228 Å². The molecular formula is C47H69N9O10S. The van der Waals surface area contributed by atoms with Gasteiger partial charge in [0.2, 0.25) is 5.13 Å². The van der Waals surface area contributed by atoms with Crippen LogP contribution >= 0.6 is 11.3 Å². The van der Waals surface area contributed by atoms with Crippen LogP contribution < -0.4 is 10.5 Å². The van der Waals surface area contributed by atoms with Crippen molar-refractivity contribution in [3.05, 3.63) is 36.2 Å². The van der Waals surface area contributed by atoms with E-state index >= 15 is 0 Å². The van der Waals surface area contributed by atoms with E-state index in [2.05, 4.69) is 32.3 Å². The minimum Gasteiger partial charge on any atom is -0.494 e. The van der Waals surface area contributed by atoms with Crippen molar-refractivity contribution in [2.75, 3.05) is 46.1 Å². The SMILES string of the molecule is CC[C@H]1OC(=O)[C@H](C)C(=O)[C@H](C)[C@@H](O[C@@H]2O[C@H](C)C[C@H](N(C)CCc3cn(CCCOc4ccc(-c5nnc(N)s5)cc4)nn3)[C@H]2O)[C@](C)(OC)C[C@@H](C)C2=NCCN3C(=O)O[C@@]1(C)[C@@H]3[C@H]2C. The van der Waals surface area contributed by atoms with Gasteiger partial charge in [-0.2, -0.15) is 0 Å². The summed E-state index contributed by atoms with van der Waals surface area (Å²) < 4.78 is 39.6. The second-order valence-corrected chi connectivity index (χ2v) is 20.2. The summed E-state index contributed by atoms with van der Waals surface area (Å²) in [5, 5.41) is 30.0. The van der Waals surface area contributed by atoms with Crippen molar-refractivity contribution in [2.45, 2.75) is 148 Å². The number of carbonyl (C=O) groups is 3. The van der Waals surface area contributed by atoms with Crippen molar-refractivity contribution in [3.63, 3.8) is 0 Å². The summed E-state index contributed by atoms with van der Waals surface area (Å²) in [5.74, 6) is -2.93. The number of aromatic nitrogens is 5. The van der Waals surface area contributed by atoms with Crippen molar-refractivity contribution < 1.29 is 47.9 Å². The highest BCUT2D eigenvalue weighted by molar-refractivity contribution is 7.18. The molecule has 20 heteroatoms. The first kappa shape index (κ1) is 50.3. The molecular weight excluding hydrogens is 883 g/mol. The van der Waals surface area contributed by atoms with Gasteiger partial charge < -0.3 is 44.2 Å². The number of esters is 1. The number of aryl methyl sites for hydroxylation is 1. The normalized spacial score (nSPS) is 34.0. The quantitative estimate of drug-likeness (QED) is 0.125. The Morgan fingerprint density at radius 1 is 1.04 bits per heavy atom. The molecule has 4 aliphatic heterocycles. The first-order chi connectivity index (χ1) is 31.9. The zero-order valence-corrected chi connectivity index (χ0v) is 41.3. The van der Waals surface area contributed by atoms with Gasteiger partial charge in [-0.25, -0.2) is 4.79 Å². The van der Waals surface area contributed by atoms with Gasteiger partial charge in [0.1, 0.15) is 28.9 Å². The number of carbonyl (C=O) groups excluding carboxylic acids is 3. The van der Waals surface area contributed by atoms with Crippen molar-refractivity contribution in [3.8, 4) is 16.3 Å². The monoisotopic (exact) mass is 951 g/mol. The fourth-order valence-corrected chi connectivity index (χ4v) is 11.3. The van der Waals surface area contributed by atoms with Crippen LogP contribution in [0.4, 0.5) is 9.93 Å². The third-order valence-corrected chi connectivity index (χ3v) is 15.2. The maximum Gasteiger partial charge on any atom is 0.410 e. The molecule has 3 fully saturated rings. The van der Waals surface area contributed by atoms with Gasteiger partial charge in [-0.05, 0) is 84.2 Å². The molecule has 0 spiro atoms. The Labute approximate surface area is 397 Å². The highest BCUT2D eigenvalue weighted by Gasteiger charge is 2.60. The molecule has 3 saturated heterocycles. The Balaban J connectivity index is 1.01. The predicted molar refractivity (Wildman–Crippen MR) is 249 cm³/mol. The number of rotatable bonds is 14. The number of Topliss-reactive ketones (excluding diaryl/α,β-unsaturated/α-hetero) is 1. The summed E-state index contributed by atoms with van der Waals surface area (Å²) in [4.78, 5) is 50.7. The van der Waals surface area contributed by atoms with Gasteiger partial charge in [-0.15, -0.1) is 15.3 Å². The molecule has 3 aromatic rings. The largest absolute Gasteiger partial charge is 0.494 e. The average Bonchev–Trinajstić information content (AvgIpc) is 3.99. The number of nitrogens with two attached hydrogens (primary N) is 1. The average molecular weight is 952 g/mol. The summed E-state index contributed by atoms with van der Waals surface area (Å²) in [6.07, 6.45) is -0.293. The zero-order valence-electron chi connectivity index (χ0n) is 40.5. The molecule has 0 aliphatic carbocycles. The van der Waals surface area contributed by atoms with Gasteiger partial charge in [0, 0.05) is 74.9 Å². The molecule has 0 saturated carbocycles. The van der Waals surface area contributed by atoms with Gasteiger partial charge in [0.05, 0.1) is 42.7 Å². The number of aliphatic hydroxyl groups is 1. The van der Waals surface area contributed by atoms with E-state index in [4.69, 9.17) is 39.1 Å². The van der Waals surface area contributed by atoms with Gasteiger partial charge in [0.25, 0.3) is 0 Å². The smallest absolute Gasteiger partial charge is 0.410 e. The number of aliphatic imine (C=N–C) groups is 1. The van der Waals surface area contributed by atoms with Crippen LogP contribution in [0.15, 0.2) is 35.5 Å². The Morgan fingerprint density at radius 3 is 2.48 bits per heavy atom. The Hall–Kier alpha value is -4.60. The first-order valence-electron chi connectivity index (χ1n) is 23.6. The molecule has 2 aromatic heterocycles. The molecule has 0 unspecified atom stereocenters. The minimum absolute atomic E-state index is 0.199. The molecule has 1 aromatic carbocycles. The van der Waals surface area contributed by atoms with Crippen molar-refractivity contribution >= 4 is 40.0 Å². The van der Waals surface area contributed by atoms with E-state index in [1.165, 1.54) is 18.3 Å². The zero-order chi connectivity index (χ0) is 48.4. The molecule has 368 valence electrons. The van der Waals surface area contributed by atoms with Crippen LogP contribution in [-0.4, -0.2) is 158 Å². The lowest BCUT2D eigenvalue weighted by Crippen LogP contribution is -2.60. The molecule has 1 amide bonds. The van der Waals surface area contributed by atoms with Crippen molar-refractivity contribution in [2.24, 2.45) is 28.7 Å². The van der Waals surface area contributed by atoms with E-state index in [1.54, 1.807) is 23.6 Å². The summed E-state index contributed by atoms with van der Waals surface area (Å²) >= 11 is 1.33. The number of nitrogen functional groups attached to an aromatic ring is 1. The number of ketones is 1. The third-order valence-electron chi connectivity index (χ3n) is 14.4. The Bertz CT molecular complexity index is 2220. The van der Waals surface area contributed by atoms with E-state index in [0.29, 0.717) is 63.6 Å². The summed E-state index contributed by atoms with van der Waals surface area (Å²) in [6, 6.07) is 6.83. The number of aliphatic hydroxyl groups excluding tert-OH is 1. The lowest BCUT2D eigenvalue weighted by atomic mass is 9.73. The highest BCUT2D eigenvalue weighted by Crippen LogP contribution is 2.44. The van der Waals surface area contributed by atoms with Crippen LogP contribution in [0.1, 0.15) is 86.8 Å². The van der Waals surface area contributed by atoms with Gasteiger partial charge in [-0.3, -0.25) is 24.2 Å². The van der Waals surface area contributed by atoms with Gasteiger partial charge in [-0.1, -0.05) is 44.2 Å². The number of nitrogens with zero attached hydrogens (tertiary/aromatic N) is 8. The summed E-state index contributed by atoms with van der Waals surface area (Å²) in [7, 11) is 3.53. The number of amides is 1. The molecule has 2 bridgehead atoms. The number of hydrogen-bond donors (Lipinski definition) is 2. The van der Waals surface area contributed by atoms with Crippen LogP contribution in [0.3, 0.4) is 0 Å². The van der Waals surface area contributed by atoms with Crippen LogP contribution in [-0.2, 0) is 46.2 Å². The molecule has 19 nitrogen and oxygen atoms in total. The van der Waals surface area contributed by atoms with Crippen LogP contribution in [0.25, 0.3) is 10.6 Å². The molecule has 3 N–H and O–H groups in total. The Kier molecular flexibility index (Phi) is 15.7. The molecule has 4 aliphatic rings. The fraction of sp³-hybridized carbons (Fsp3) is 0.702. The first-order valence-corrected chi connectivity index (χ1v) is 24.4. The van der Waals surface area contributed by atoms with Crippen LogP contribution in [0, 0.1) is 23.7 Å². The lowest BCUT2D eigenvalue weighted by molar-refractivity contribution is -0.295. The number of benzene rings is 1. The van der Waals surface area contributed by atoms with E-state index in [1.807, 2.05) is 72.1 Å². The van der Waals surface area contributed by atoms with Gasteiger partial charge >= 0.3 is 12.1 Å². The maximum atomic E-state index is 14.5. The van der Waals surface area contributed by atoms with Crippen molar-refractivity contribution in [1.82, 2.24) is 35.0 Å². The summed E-state index contributed by atoms with van der Waals surface area (Å²) in [6.45, 7) is 17.3. The number of ether oxygens (including phenoxy) is 6. The molecule has 13 atom stereocenters. The van der Waals surface area contributed by atoms with Crippen LogP contribution in [0.2, 0.25) is 0 Å². The minimum atomic E-state index is -1.18. The third kappa shape index (κ3) is 10.7. The lowest BCUT2D eigenvalue weighted by Gasteiger charge is -2.47.